The summed E-state index contributed by atoms with van der Waals surface area (Å²) in [6, 6.07) is 6.75. The van der Waals surface area contributed by atoms with Gasteiger partial charge < -0.3 is 5.73 Å². The lowest BCUT2D eigenvalue weighted by Crippen LogP contribution is -2.44. The first-order valence-corrected chi connectivity index (χ1v) is 7.11. The van der Waals surface area contributed by atoms with Crippen molar-refractivity contribution < 1.29 is 9.59 Å². The third-order valence-corrected chi connectivity index (χ3v) is 4.22. The maximum absolute atomic E-state index is 12.5. The van der Waals surface area contributed by atoms with Gasteiger partial charge in [-0.2, -0.15) is 0 Å². The zero-order chi connectivity index (χ0) is 14.6. The molecule has 102 valence electrons. The molecule has 1 aliphatic rings. The highest BCUT2D eigenvalue weighted by Gasteiger charge is 2.35. The van der Waals surface area contributed by atoms with E-state index in [1.165, 1.54) is 4.90 Å². The van der Waals surface area contributed by atoms with Crippen LogP contribution in [0.25, 0.3) is 10.8 Å². The topological polar surface area (TPSA) is 63.4 Å². The van der Waals surface area contributed by atoms with Crippen LogP contribution >= 0.6 is 15.9 Å². The summed E-state index contributed by atoms with van der Waals surface area (Å²) in [6.07, 6.45) is 0. The van der Waals surface area contributed by atoms with E-state index in [1.54, 1.807) is 24.3 Å². The largest absolute Gasteiger partial charge is 0.398 e. The fourth-order valence-electron chi connectivity index (χ4n) is 2.66. The Bertz CT molecular complexity index is 711. The zero-order valence-electron chi connectivity index (χ0n) is 11.1. The van der Waals surface area contributed by atoms with Crippen molar-refractivity contribution in [2.45, 2.75) is 19.9 Å². The maximum atomic E-state index is 12.5. The van der Waals surface area contributed by atoms with E-state index in [4.69, 9.17) is 5.73 Å². The number of halogens is 1. The molecule has 1 aliphatic heterocycles. The van der Waals surface area contributed by atoms with Crippen molar-refractivity contribution in [1.29, 1.82) is 0 Å². The van der Waals surface area contributed by atoms with E-state index in [-0.39, 0.29) is 17.9 Å². The van der Waals surface area contributed by atoms with E-state index >= 15 is 0 Å². The average Bonchev–Trinajstić information content (AvgIpc) is 2.37. The highest BCUT2D eigenvalue weighted by atomic mass is 79.9. The van der Waals surface area contributed by atoms with Gasteiger partial charge >= 0.3 is 0 Å². The highest BCUT2D eigenvalue weighted by molar-refractivity contribution is 9.10. The van der Waals surface area contributed by atoms with Crippen molar-refractivity contribution in [1.82, 2.24) is 4.90 Å². The van der Waals surface area contributed by atoms with Gasteiger partial charge in [-0.05, 0) is 38.1 Å². The van der Waals surface area contributed by atoms with Crippen molar-refractivity contribution in [2.75, 3.05) is 5.73 Å². The van der Waals surface area contributed by atoms with Crippen LogP contribution in [0.5, 0.6) is 0 Å². The standard InChI is InChI=1S/C15H13BrN2O2/c1-7(2)18-14(19)8-3-5-10(16)13-11(17)6-4-9(12(8)13)15(18)20/h3-7H,17H2,1-2H3. The van der Waals surface area contributed by atoms with Gasteiger partial charge in [0.1, 0.15) is 0 Å². The Kier molecular flexibility index (Phi) is 2.83. The zero-order valence-corrected chi connectivity index (χ0v) is 12.7. The monoisotopic (exact) mass is 332 g/mol. The molecule has 0 saturated carbocycles. The Morgan fingerprint density at radius 1 is 1.00 bits per heavy atom. The number of anilines is 1. The maximum Gasteiger partial charge on any atom is 0.261 e. The SMILES string of the molecule is CC(C)N1C(=O)c2ccc(N)c3c(Br)ccc(c23)C1=O. The molecule has 4 nitrogen and oxygen atoms in total. The van der Waals surface area contributed by atoms with Crippen LogP contribution in [0, 0.1) is 0 Å². The van der Waals surface area contributed by atoms with E-state index in [9.17, 15) is 9.59 Å². The van der Waals surface area contributed by atoms with Gasteiger partial charge in [0.15, 0.2) is 0 Å². The first-order chi connectivity index (χ1) is 9.43. The minimum absolute atomic E-state index is 0.181. The number of rotatable bonds is 1. The number of nitrogens with zero attached hydrogens (tertiary/aromatic N) is 1. The lowest BCUT2D eigenvalue weighted by molar-refractivity contribution is 0.0564. The normalized spacial score (nSPS) is 14.5. The lowest BCUT2D eigenvalue weighted by atomic mass is 9.92. The molecule has 0 aromatic heterocycles. The molecule has 0 atom stereocenters. The van der Waals surface area contributed by atoms with E-state index in [0.717, 1.165) is 9.86 Å². The van der Waals surface area contributed by atoms with Gasteiger partial charge in [-0.25, -0.2) is 0 Å². The number of amides is 2. The molecule has 1 heterocycles. The van der Waals surface area contributed by atoms with Crippen LogP contribution in [0.4, 0.5) is 5.69 Å². The number of carbonyl (C=O) groups excluding carboxylic acids is 2. The second kappa shape index (κ2) is 4.31. The van der Waals surface area contributed by atoms with Gasteiger partial charge in [-0.1, -0.05) is 15.9 Å². The first kappa shape index (κ1) is 13.1. The van der Waals surface area contributed by atoms with Crippen molar-refractivity contribution in [3.05, 3.63) is 39.9 Å². The molecule has 0 fully saturated rings. The van der Waals surface area contributed by atoms with E-state index in [1.807, 2.05) is 13.8 Å². The Hall–Kier alpha value is -1.88. The molecule has 2 amide bonds. The van der Waals surface area contributed by atoms with Crippen LogP contribution in [0.15, 0.2) is 28.7 Å². The molecule has 0 radical (unpaired) electrons. The van der Waals surface area contributed by atoms with Gasteiger partial charge in [0.25, 0.3) is 11.8 Å². The summed E-state index contributed by atoms with van der Waals surface area (Å²) >= 11 is 3.44. The summed E-state index contributed by atoms with van der Waals surface area (Å²) in [5.41, 5.74) is 7.60. The van der Waals surface area contributed by atoms with Crippen LogP contribution < -0.4 is 5.73 Å². The third kappa shape index (κ3) is 1.59. The Morgan fingerprint density at radius 3 is 2.10 bits per heavy atom. The third-order valence-electron chi connectivity index (χ3n) is 3.56. The molecule has 0 bridgehead atoms. The number of nitrogens with two attached hydrogens (primary N) is 1. The molecule has 0 aliphatic carbocycles. The van der Waals surface area contributed by atoms with Gasteiger partial charge in [-0.15, -0.1) is 0 Å². The second-order valence-electron chi connectivity index (χ2n) is 5.12. The van der Waals surface area contributed by atoms with E-state index in [2.05, 4.69) is 15.9 Å². The number of hydrogen-bond donors (Lipinski definition) is 1. The number of hydrogen-bond acceptors (Lipinski definition) is 3. The smallest absolute Gasteiger partial charge is 0.261 e. The molecule has 20 heavy (non-hydrogen) atoms. The molecule has 0 saturated heterocycles. The van der Waals surface area contributed by atoms with Gasteiger partial charge in [-0.3, -0.25) is 14.5 Å². The second-order valence-corrected chi connectivity index (χ2v) is 5.98. The fraction of sp³-hybridized carbons (Fsp3) is 0.200. The first-order valence-electron chi connectivity index (χ1n) is 6.32. The number of imide groups is 1. The van der Waals surface area contributed by atoms with Crippen LogP contribution in [0.1, 0.15) is 34.6 Å². The van der Waals surface area contributed by atoms with E-state index in [0.29, 0.717) is 22.2 Å². The summed E-state index contributed by atoms with van der Waals surface area (Å²) in [5, 5.41) is 1.37. The van der Waals surface area contributed by atoms with Crippen molar-refractivity contribution in [3.8, 4) is 0 Å². The molecular formula is C15H13BrN2O2. The minimum atomic E-state index is -0.263. The van der Waals surface area contributed by atoms with Crippen LogP contribution in [0.3, 0.4) is 0 Å². The van der Waals surface area contributed by atoms with Crippen LogP contribution in [0.2, 0.25) is 0 Å². The molecule has 2 N–H and O–H groups in total. The fourth-order valence-corrected chi connectivity index (χ4v) is 3.22. The number of carbonyl (C=O) groups is 2. The number of benzene rings is 2. The summed E-state index contributed by atoms with van der Waals surface area (Å²) < 4.78 is 0.786. The highest BCUT2D eigenvalue weighted by Crippen LogP contribution is 2.37. The average molecular weight is 333 g/mol. The van der Waals surface area contributed by atoms with Crippen molar-refractivity contribution >= 4 is 44.2 Å². The van der Waals surface area contributed by atoms with Gasteiger partial charge in [0.2, 0.25) is 0 Å². The Labute approximate surface area is 124 Å². The summed E-state index contributed by atoms with van der Waals surface area (Å²) in [7, 11) is 0. The minimum Gasteiger partial charge on any atom is -0.398 e. The molecule has 0 unspecified atom stereocenters. The summed E-state index contributed by atoms with van der Waals surface area (Å²) in [6.45, 7) is 3.66. The predicted octanol–water partition coefficient (Wildman–Crippen LogP) is 3.19. The molecule has 2 aromatic rings. The quantitative estimate of drug-likeness (QED) is 0.644. The lowest BCUT2D eigenvalue weighted by Gasteiger charge is -2.30. The van der Waals surface area contributed by atoms with Crippen LogP contribution in [-0.2, 0) is 0 Å². The number of nitrogen functional groups attached to an aromatic ring is 1. The Balaban J connectivity index is 2.45. The summed E-state index contributed by atoms with van der Waals surface area (Å²) in [4.78, 5) is 26.3. The summed E-state index contributed by atoms with van der Waals surface area (Å²) in [5.74, 6) is -0.527. The predicted molar refractivity (Wildman–Crippen MR) is 81.7 cm³/mol. The van der Waals surface area contributed by atoms with Gasteiger partial charge in [0, 0.05) is 38.1 Å². The Morgan fingerprint density at radius 2 is 1.55 bits per heavy atom. The molecule has 2 aromatic carbocycles. The molecular weight excluding hydrogens is 320 g/mol. The van der Waals surface area contributed by atoms with Gasteiger partial charge in [0.05, 0.1) is 0 Å². The molecule has 3 rings (SSSR count). The van der Waals surface area contributed by atoms with E-state index < -0.39 is 0 Å². The molecule has 5 heteroatoms. The van der Waals surface area contributed by atoms with Crippen molar-refractivity contribution in [3.63, 3.8) is 0 Å². The molecule has 0 spiro atoms. The van der Waals surface area contributed by atoms with Crippen LogP contribution in [-0.4, -0.2) is 22.8 Å². The van der Waals surface area contributed by atoms with Crippen molar-refractivity contribution in [2.24, 2.45) is 0 Å².